The van der Waals surface area contributed by atoms with Gasteiger partial charge in [-0.1, -0.05) is 54.0 Å². The van der Waals surface area contributed by atoms with E-state index in [-0.39, 0.29) is 24.1 Å². The smallest absolute Gasteiger partial charge is 0.261 e. The standard InChI is InChI=1S/C23H25Cl2N5O3S/c1-4-15-5-7-19(8-6-15)33-14(2)22(32)26-12-20-28-29-23(30(20)3)34-13-21(31)27-18-10-16(24)9-17(25)11-18/h5-11,14H,4,12-13H2,1-3H3,(H,26,32)(H,27,31)/t14-/m1/s1. The molecule has 3 aromatic rings. The van der Waals surface area contributed by atoms with Crippen molar-refractivity contribution in [1.29, 1.82) is 0 Å². The lowest BCUT2D eigenvalue weighted by atomic mass is 10.2. The molecule has 180 valence electrons. The fourth-order valence-corrected chi connectivity index (χ4v) is 4.21. The number of hydrogen-bond donors (Lipinski definition) is 2. The Bertz CT molecular complexity index is 1130. The van der Waals surface area contributed by atoms with Crippen LogP contribution in [0.25, 0.3) is 0 Å². The van der Waals surface area contributed by atoms with Crippen LogP contribution in [0.3, 0.4) is 0 Å². The Morgan fingerprint density at radius 2 is 1.79 bits per heavy atom. The molecule has 1 aromatic heterocycles. The van der Waals surface area contributed by atoms with Crippen LogP contribution in [0.4, 0.5) is 5.69 Å². The normalized spacial score (nSPS) is 11.7. The quantitative estimate of drug-likeness (QED) is 0.381. The maximum absolute atomic E-state index is 12.4. The topological polar surface area (TPSA) is 98.1 Å². The highest BCUT2D eigenvalue weighted by Crippen LogP contribution is 2.23. The van der Waals surface area contributed by atoms with Crippen molar-refractivity contribution >= 4 is 52.5 Å². The number of carbonyl (C=O) groups excluding carboxylic acids is 2. The summed E-state index contributed by atoms with van der Waals surface area (Å²) in [6.45, 7) is 3.94. The molecule has 2 N–H and O–H groups in total. The van der Waals surface area contributed by atoms with E-state index >= 15 is 0 Å². The van der Waals surface area contributed by atoms with Crippen LogP contribution >= 0.6 is 35.0 Å². The SMILES string of the molecule is CCc1ccc(O[C@H](C)C(=O)NCc2nnc(SCC(=O)Nc3cc(Cl)cc(Cl)c3)n2C)cc1. The Kier molecular flexibility index (Phi) is 9.20. The third kappa shape index (κ3) is 7.38. The zero-order chi connectivity index (χ0) is 24.7. The van der Waals surface area contributed by atoms with E-state index in [4.69, 9.17) is 27.9 Å². The number of nitrogens with zero attached hydrogens (tertiary/aromatic N) is 3. The molecule has 0 aliphatic heterocycles. The molecule has 0 bridgehead atoms. The van der Waals surface area contributed by atoms with E-state index in [9.17, 15) is 9.59 Å². The first-order valence-corrected chi connectivity index (χ1v) is 12.3. The summed E-state index contributed by atoms with van der Waals surface area (Å²) in [4.78, 5) is 24.7. The summed E-state index contributed by atoms with van der Waals surface area (Å²) in [6, 6.07) is 12.5. The van der Waals surface area contributed by atoms with Crippen molar-refractivity contribution in [3.8, 4) is 5.75 Å². The molecule has 0 spiro atoms. The van der Waals surface area contributed by atoms with E-state index in [2.05, 4.69) is 27.8 Å². The fraction of sp³-hybridized carbons (Fsp3) is 0.304. The highest BCUT2D eigenvalue weighted by molar-refractivity contribution is 7.99. The summed E-state index contributed by atoms with van der Waals surface area (Å²) < 4.78 is 7.43. The van der Waals surface area contributed by atoms with Gasteiger partial charge in [0.1, 0.15) is 5.75 Å². The molecule has 8 nitrogen and oxygen atoms in total. The Morgan fingerprint density at radius 1 is 1.12 bits per heavy atom. The maximum atomic E-state index is 12.4. The molecule has 0 saturated heterocycles. The number of halogens is 2. The van der Waals surface area contributed by atoms with Gasteiger partial charge in [-0.2, -0.15) is 0 Å². The number of rotatable bonds is 10. The molecule has 1 atom stereocenters. The van der Waals surface area contributed by atoms with Crippen molar-refractivity contribution in [1.82, 2.24) is 20.1 Å². The van der Waals surface area contributed by atoms with Crippen LogP contribution in [0.15, 0.2) is 47.6 Å². The van der Waals surface area contributed by atoms with Crippen LogP contribution in [-0.4, -0.2) is 38.4 Å². The second kappa shape index (κ2) is 12.1. The minimum Gasteiger partial charge on any atom is -0.481 e. The highest BCUT2D eigenvalue weighted by atomic mass is 35.5. The second-order valence-corrected chi connectivity index (χ2v) is 9.24. The number of nitrogens with one attached hydrogen (secondary N) is 2. The number of thioether (sulfide) groups is 1. The monoisotopic (exact) mass is 521 g/mol. The van der Waals surface area contributed by atoms with E-state index in [0.29, 0.717) is 32.5 Å². The number of anilines is 1. The molecule has 1 heterocycles. The Morgan fingerprint density at radius 3 is 2.44 bits per heavy atom. The van der Waals surface area contributed by atoms with Gasteiger partial charge in [-0.25, -0.2) is 0 Å². The number of aromatic nitrogens is 3. The Balaban J connectivity index is 1.47. The van der Waals surface area contributed by atoms with Gasteiger partial charge in [0, 0.05) is 22.8 Å². The molecule has 3 rings (SSSR count). The average molecular weight is 522 g/mol. The summed E-state index contributed by atoms with van der Waals surface area (Å²) >= 11 is 13.1. The summed E-state index contributed by atoms with van der Waals surface area (Å²) in [5.41, 5.74) is 1.72. The first-order valence-electron chi connectivity index (χ1n) is 10.6. The van der Waals surface area contributed by atoms with E-state index in [1.165, 1.54) is 17.3 Å². The van der Waals surface area contributed by atoms with E-state index in [0.717, 1.165) is 6.42 Å². The van der Waals surface area contributed by atoms with Gasteiger partial charge in [0.15, 0.2) is 17.1 Å². The maximum Gasteiger partial charge on any atom is 0.261 e. The average Bonchev–Trinajstić information content (AvgIpc) is 3.15. The number of aryl methyl sites for hydroxylation is 1. The molecule has 0 saturated carbocycles. The van der Waals surface area contributed by atoms with Gasteiger partial charge >= 0.3 is 0 Å². The molecule has 0 unspecified atom stereocenters. The molecule has 0 aliphatic rings. The number of amides is 2. The molecule has 0 radical (unpaired) electrons. The number of ether oxygens (including phenoxy) is 1. The fourth-order valence-electron chi connectivity index (χ4n) is 2.95. The minimum absolute atomic E-state index is 0.115. The van der Waals surface area contributed by atoms with Crippen molar-refractivity contribution in [3.05, 3.63) is 63.9 Å². The molecule has 0 aliphatic carbocycles. The molecule has 0 fully saturated rings. The van der Waals surface area contributed by atoms with Crippen LogP contribution in [0, 0.1) is 0 Å². The minimum atomic E-state index is -0.668. The van der Waals surface area contributed by atoms with Gasteiger partial charge in [0.25, 0.3) is 5.91 Å². The third-order valence-electron chi connectivity index (χ3n) is 4.84. The van der Waals surface area contributed by atoms with Crippen LogP contribution in [0.5, 0.6) is 5.75 Å². The molecular weight excluding hydrogens is 497 g/mol. The summed E-state index contributed by atoms with van der Waals surface area (Å²) in [5.74, 6) is 0.799. The highest BCUT2D eigenvalue weighted by Gasteiger charge is 2.17. The predicted molar refractivity (Wildman–Crippen MR) is 135 cm³/mol. The zero-order valence-electron chi connectivity index (χ0n) is 19.0. The van der Waals surface area contributed by atoms with E-state index in [1.54, 1.807) is 36.7 Å². The van der Waals surface area contributed by atoms with Crippen molar-refractivity contribution in [2.75, 3.05) is 11.1 Å². The number of hydrogen-bond acceptors (Lipinski definition) is 6. The van der Waals surface area contributed by atoms with Crippen LogP contribution < -0.4 is 15.4 Å². The van der Waals surface area contributed by atoms with Crippen molar-refractivity contribution in [2.24, 2.45) is 7.05 Å². The van der Waals surface area contributed by atoms with Crippen molar-refractivity contribution in [3.63, 3.8) is 0 Å². The van der Waals surface area contributed by atoms with Crippen molar-refractivity contribution < 1.29 is 14.3 Å². The van der Waals surface area contributed by atoms with Gasteiger partial charge < -0.3 is 19.9 Å². The Hall–Kier alpha value is -2.75. The van der Waals surface area contributed by atoms with E-state index in [1.807, 2.05) is 24.3 Å². The van der Waals surface area contributed by atoms with Crippen LogP contribution in [-0.2, 0) is 29.6 Å². The van der Waals surface area contributed by atoms with E-state index < -0.39 is 6.10 Å². The van der Waals surface area contributed by atoms with Gasteiger partial charge in [0.2, 0.25) is 5.91 Å². The number of carbonyl (C=O) groups is 2. The molecule has 2 amide bonds. The summed E-state index contributed by atoms with van der Waals surface area (Å²) in [6.07, 6.45) is 0.272. The lowest BCUT2D eigenvalue weighted by Gasteiger charge is -2.15. The second-order valence-electron chi connectivity index (χ2n) is 7.43. The lowest BCUT2D eigenvalue weighted by molar-refractivity contribution is -0.127. The largest absolute Gasteiger partial charge is 0.481 e. The summed E-state index contributed by atoms with van der Waals surface area (Å²) in [5, 5.41) is 15.2. The van der Waals surface area contributed by atoms with Gasteiger partial charge in [-0.15, -0.1) is 10.2 Å². The predicted octanol–water partition coefficient (Wildman–Crippen LogP) is 4.50. The van der Waals surface area contributed by atoms with Gasteiger partial charge in [-0.3, -0.25) is 9.59 Å². The Labute approximate surface area is 212 Å². The van der Waals surface area contributed by atoms with Crippen molar-refractivity contribution in [2.45, 2.75) is 38.1 Å². The number of benzene rings is 2. The third-order valence-corrected chi connectivity index (χ3v) is 6.29. The molecular formula is C23H25Cl2N5O3S. The lowest BCUT2D eigenvalue weighted by Crippen LogP contribution is -2.36. The molecule has 11 heteroatoms. The first kappa shape index (κ1) is 25.9. The molecule has 34 heavy (non-hydrogen) atoms. The zero-order valence-corrected chi connectivity index (χ0v) is 21.3. The van der Waals surface area contributed by atoms with Crippen LogP contribution in [0.2, 0.25) is 10.0 Å². The summed E-state index contributed by atoms with van der Waals surface area (Å²) in [7, 11) is 1.77. The van der Waals surface area contributed by atoms with Crippen LogP contribution in [0.1, 0.15) is 25.2 Å². The van der Waals surface area contributed by atoms with Gasteiger partial charge in [-0.05, 0) is 49.2 Å². The molecule has 2 aromatic carbocycles. The first-order chi connectivity index (χ1) is 16.2. The van der Waals surface area contributed by atoms with Gasteiger partial charge in [0.05, 0.1) is 12.3 Å².